The molecular weight excluding hydrogens is 421 g/mol. The standard InChI is InChI=1S/C20H18Cl3N3O2/c21-8-10-25(11-9-22)16-6-4-14(5-7-16)12-18-19(27)24-26(20(18)28)17-3-1-2-15(23)13-17/h1-7,12-13H,8-11H2,(H,24,27). The van der Waals surface area contributed by atoms with Crippen molar-refractivity contribution in [3.8, 4) is 0 Å². The molecule has 0 aromatic heterocycles. The zero-order valence-corrected chi connectivity index (χ0v) is 17.1. The van der Waals surface area contributed by atoms with E-state index in [9.17, 15) is 9.59 Å². The van der Waals surface area contributed by atoms with Gasteiger partial charge in [-0.3, -0.25) is 15.0 Å². The lowest BCUT2D eigenvalue weighted by molar-refractivity contribution is -0.117. The average molecular weight is 439 g/mol. The van der Waals surface area contributed by atoms with Crippen LogP contribution in [-0.2, 0) is 9.59 Å². The van der Waals surface area contributed by atoms with Crippen molar-refractivity contribution < 1.29 is 9.59 Å². The Labute approximate surface area is 178 Å². The Morgan fingerprint density at radius 2 is 1.68 bits per heavy atom. The minimum absolute atomic E-state index is 0.0612. The van der Waals surface area contributed by atoms with Gasteiger partial charge in [0.15, 0.2) is 0 Å². The fourth-order valence-corrected chi connectivity index (χ4v) is 3.47. The number of amides is 2. The number of nitrogens with one attached hydrogen (secondary N) is 1. The fraction of sp³-hybridized carbons (Fsp3) is 0.200. The Bertz CT molecular complexity index is 894. The summed E-state index contributed by atoms with van der Waals surface area (Å²) in [5.74, 6) is 0.107. The number of alkyl halides is 2. The van der Waals surface area contributed by atoms with Gasteiger partial charge in [-0.25, -0.2) is 5.01 Å². The molecule has 146 valence electrons. The molecule has 1 aliphatic heterocycles. The molecule has 1 aliphatic rings. The summed E-state index contributed by atoms with van der Waals surface area (Å²) in [6, 6.07) is 14.2. The van der Waals surface area contributed by atoms with Crippen molar-refractivity contribution in [1.29, 1.82) is 0 Å². The van der Waals surface area contributed by atoms with Crippen molar-refractivity contribution in [2.45, 2.75) is 0 Å². The number of hydrazine groups is 1. The zero-order valence-electron chi connectivity index (χ0n) is 14.9. The highest BCUT2D eigenvalue weighted by Crippen LogP contribution is 2.24. The van der Waals surface area contributed by atoms with Gasteiger partial charge in [-0.15, -0.1) is 23.2 Å². The van der Waals surface area contributed by atoms with E-state index >= 15 is 0 Å². The molecule has 0 unspecified atom stereocenters. The van der Waals surface area contributed by atoms with Crippen LogP contribution in [0.4, 0.5) is 11.4 Å². The normalized spacial score (nSPS) is 15.2. The molecule has 2 aromatic carbocycles. The van der Waals surface area contributed by atoms with Crippen LogP contribution in [-0.4, -0.2) is 36.7 Å². The maximum absolute atomic E-state index is 12.7. The first-order valence-electron chi connectivity index (χ1n) is 8.63. The summed E-state index contributed by atoms with van der Waals surface area (Å²) in [6.07, 6.45) is 1.57. The van der Waals surface area contributed by atoms with Gasteiger partial charge in [0.25, 0.3) is 11.8 Å². The van der Waals surface area contributed by atoms with Crippen molar-refractivity contribution >= 4 is 64.1 Å². The minimum Gasteiger partial charge on any atom is -0.369 e. The van der Waals surface area contributed by atoms with Gasteiger partial charge in [0.05, 0.1) is 5.69 Å². The third kappa shape index (κ3) is 4.61. The molecule has 0 spiro atoms. The lowest BCUT2D eigenvalue weighted by Crippen LogP contribution is -2.35. The summed E-state index contributed by atoms with van der Waals surface area (Å²) in [4.78, 5) is 27.0. The number of halogens is 3. The molecule has 0 aliphatic carbocycles. The summed E-state index contributed by atoms with van der Waals surface area (Å²) in [5.41, 5.74) is 4.84. The van der Waals surface area contributed by atoms with Crippen LogP contribution in [0.2, 0.25) is 5.02 Å². The van der Waals surface area contributed by atoms with Crippen LogP contribution in [0.15, 0.2) is 54.1 Å². The number of carbonyl (C=O) groups excluding carboxylic acids is 2. The van der Waals surface area contributed by atoms with E-state index in [1.165, 1.54) is 5.01 Å². The van der Waals surface area contributed by atoms with Crippen molar-refractivity contribution in [3.05, 3.63) is 64.7 Å². The summed E-state index contributed by atoms with van der Waals surface area (Å²) in [6.45, 7) is 1.37. The van der Waals surface area contributed by atoms with E-state index in [-0.39, 0.29) is 5.57 Å². The molecule has 2 aromatic rings. The van der Waals surface area contributed by atoms with E-state index in [0.717, 1.165) is 11.3 Å². The van der Waals surface area contributed by atoms with Crippen molar-refractivity contribution in [3.63, 3.8) is 0 Å². The maximum atomic E-state index is 12.7. The molecular formula is C20H18Cl3N3O2. The lowest BCUT2D eigenvalue weighted by atomic mass is 10.1. The summed E-state index contributed by atoms with van der Waals surface area (Å²) >= 11 is 17.7. The molecule has 1 saturated heterocycles. The van der Waals surface area contributed by atoms with Crippen LogP contribution in [0.25, 0.3) is 6.08 Å². The maximum Gasteiger partial charge on any atom is 0.282 e. The Morgan fingerprint density at radius 1 is 1.00 bits per heavy atom. The fourth-order valence-electron chi connectivity index (χ4n) is 2.88. The largest absolute Gasteiger partial charge is 0.369 e. The van der Waals surface area contributed by atoms with E-state index in [2.05, 4.69) is 10.3 Å². The van der Waals surface area contributed by atoms with Gasteiger partial charge >= 0.3 is 0 Å². The van der Waals surface area contributed by atoms with Crippen LogP contribution >= 0.6 is 34.8 Å². The second-order valence-corrected chi connectivity index (χ2v) is 7.27. The molecule has 1 heterocycles. The summed E-state index contributed by atoms with van der Waals surface area (Å²) < 4.78 is 0. The quantitative estimate of drug-likeness (QED) is 0.402. The molecule has 28 heavy (non-hydrogen) atoms. The highest BCUT2D eigenvalue weighted by atomic mass is 35.5. The number of benzene rings is 2. The Morgan fingerprint density at radius 3 is 2.29 bits per heavy atom. The third-order valence-corrected chi connectivity index (χ3v) is 4.81. The summed E-state index contributed by atoms with van der Waals surface area (Å²) in [7, 11) is 0. The van der Waals surface area contributed by atoms with E-state index < -0.39 is 11.8 Å². The van der Waals surface area contributed by atoms with Gasteiger partial charge in [0, 0.05) is 35.6 Å². The Balaban J connectivity index is 1.81. The van der Waals surface area contributed by atoms with Gasteiger partial charge in [-0.1, -0.05) is 29.8 Å². The van der Waals surface area contributed by atoms with Crippen molar-refractivity contribution in [1.82, 2.24) is 5.43 Å². The summed E-state index contributed by atoms with van der Waals surface area (Å²) in [5, 5.41) is 1.67. The smallest absolute Gasteiger partial charge is 0.282 e. The molecule has 3 rings (SSSR count). The average Bonchev–Trinajstić information content (AvgIpc) is 2.97. The number of anilines is 2. The minimum atomic E-state index is -0.458. The molecule has 0 saturated carbocycles. The Kier molecular flexibility index (Phi) is 6.83. The lowest BCUT2D eigenvalue weighted by Gasteiger charge is -2.22. The number of hydrogen-bond acceptors (Lipinski definition) is 3. The van der Waals surface area contributed by atoms with Gasteiger partial charge in [-0.2, -0.15) is 0 Å². The molecule has 1 N–H and O–H groups in total. The zero-order chi connectivity index (χ0) is 20.1. The molecule has 0 atom stereocenters. The first-order valence-corrected chi connectivity index (χ1v) is 10.1. The molecule has 0 bridgehead atoms. The van der Waals surface area contributed by atoms with Crippen LogP contribution in [0.3, 0.4) is 0 Å². The van der Waals surface area contributed by atoms with Gasteiger partial charge < -0.3 is 4.90 Å². The number of nitrogens with zero attached hydrogens (tertiary/aromatic N) is 2. The van der Waals surface area contributed by atoms with Crippen LogP contribution in [0.1, 0.15) is 5.56 Å². The van der Waals surface area contributed by atoms with Crippen molar-refractivity contribution in [2.24, 2.45) is 0 Å². The van der Waals surface area contributed by atoms with Gasteiger partial charge in [-0.05, 0) is 42.0 Å². The van der Waals surface area contributed by atoms with Crippen LogP contribution < -0.4 is 15.3 Å². The van der Waals surface area contributed by atoms with E-state index in [0.29, 0.717) is 35.6 Å². The predicted molar refractivity (Wildman–Crippen MR) is 115 cm³/mol. The number of hydrogen-bond donors (Lipinski definition) is 1. The third-order valence-electron chi connectivity index (χ3n) is 4.24. The molecule has 8 heteroatoms. The number of carbonyl (C=O) groups is 2. The van der Waals surface area contributed by atoms with Gasteiger partial charge in [0.2, 0.25) is 0 Å². The molecule has 2 amide bonds. The predicted octanol–water partition coefficient (Wildman–Crippen LogP) is 4.09. The number of rotatable bonds is 7. The molecule has 5 nitrogen and oxygen atoms in total. The highest BCUT2D eigenvalue weighted by molar-refractivity contribution is 6.33. The Hall–Kier alpha value is -2.21. The SMILES string of the molecule is O=C1NN(c2cccc(Cl)c2)C(=O)C1=Cc1ccc(N(CCCl)CCCl)cc1. The van der Waals surface area contributed by atoms with Gasteiger partial charge in [0.1, 0.15) is 5.57 Å². The second kappa shape index (κ2) is 9.32. The van der Waals surface area contributed by atoms with E-state index in [1.54, 1.807) is 30.3 Å². The van der Waals surface area contributed by atoms with Crippen LogP contribution in [0, 0.1) is 0 Å². The molecule has 0 radical (unpaired) electrons. The monoisotopic (exact) mass is 437 g/mol. The van der Waals surface area contributed by atoms with Crippen molar-refractivity contribution in [2.75, 3.05) is 34.8 Å². The van der Waals surface area contributed by atoms with Crippen LogP contribution in [0.5, 0.6) is 0 Å². The first-order chi connectivity index (χ1) is 13.5. The topological polar surface area (TPSA) is 52.7 Å². The first kappa shape index (κ1) is 20.5. The second-order valence-electron chi connectivity index (χ2n) is 6.08. The van der Waals surface area contributed by atoms with E-state index in [1.807, 2.05) is 24.3 Å². The molecule has 1 fully saturated rings. The van der Waals surface area contributed by atoms with E-state index in [4.69, 9.17) is 34.8 Å². The highest BCUT2D eigenvalue weighted by Gasteiger charge is 2.34.